The van der Waals surface area contributed by atoms with Gasteiger partial charge in [-0.3, -0.25) is 4.79 Å². The summed E-state index contributed by atoms with van der Waals surface area (Å²) in [6, 6.07) is 0.692. The van der Waals surface area contributed by atoms with E-state index in [1.807, 2.05) is 0 Å². The van der Waals surface area contributed by atoms with Crippen LogP contribution in [0.3, 0.4) is 0 Å². The first-order valence-corrected chi connectivity index (χ1v) is 3.94. The lowest BCUT2D eigenvalue weighted by Gasteiger charge is -2.07. The maximum Gasteiger partial charge on any atom is 0.417 e. The molecular formula is C8H5ClF3NO. The van der Waals surface area contributed by atoms with Crippen LogP contribution in [0, 0.1) is 0 Å². The van der Waals surface area contributed by atoms with E-state index in [9.17, 15) is 18.0 Å². The summed E-state index contributed by atoms with van der Waals surface area (Å²) in [6.07, 6.45) is -3.92. The molecule has 1 heterocycles. The minimum atomic E-state index is -4.51. The monoisotopic (exact) mass is 223 g/mol. The molecule has 0 radical (unpaired) electrons. The molecule has 14 heavy (non-hydrogen) atoms. The molecule has 0 atom stereocenters. The number of carbonyl (C=O) groups is 1. The third kappa shape index (κ3) is 2.23. The van der Waals surface area contributed by atoms with Crippen molar-refractivity contribution in [3.63, 3.8) is 0 Å². The maximum atomic E-state index is 12.2. The molecule has 0 aromatic carbocycles. The second kappa shape index (κ2) is 3.57. The molecule has 1 aromatic rings. The van der Waals surface area contributed by atoms with E-state index in [0.29, 0.717) is 12.3 Å². The van der Waals surface area contributed by atoms with Gasteiger partial charge in [-0.2, -0.15) is 13.2 Å². The lowest BCUT2D eigenvalue weighted by molar-refractivity contribution is -0.137. The summed E-state index contributed by atoms with van der Waals surface area (Å²) in [4.78, 5) is 14.1. The molecule has 0 aliphatic heterocycles. The average molecular weight is 224 g/mol. The zero-order valence-corrected chi connectivity index (χ0v) is 7.78. The Morgan fingerprint density at radius 1 is 1.50 bits per heavy atom. The van der Waals surface area contributed by atoms with Crippen molar-refractivity contribution in [3.05, 3.63) is 28.5 Å². The number of nitrogens with zero attached hydrogens (tertiary/aromatic N) is 1. The van der Waals surface area contributed by atoms with E-state index < -0.39 is 17.5 Å². The van der Waals surface area contributed by atoms with E-state index in [1.54, 1.807) is 0 Å². The fourth-order valence-corrected chi connectivity index (χ4v) is 1.09. The van der Waals surface area contributed by atoms with Gasteiger partial charge in [0.25, 0.3) is 0 Å². The van der Waals surface area contributed by atoms with E-state index in [0.717, 1.165) is 6.92 Å². The number of hydrogen-bond acceptors (Lipinski definition) is 2. The van der Waals surface area contributed by atoms with E-state index in [4.69, 9.17) is 11.6 Å². The van der Waals surface area contributed by atoms with Gasteiger partial charge in [0.15, 0.2) is 5.78 Å². The summed E-state index contributed by atoms with van der Waals surface area (Å²) in [5.41, 5.74) is -1.20. The minimum absolute atomic E-state index is 0.217. The molecule has 0 N–H and O–H groups in total. The van der Waals surface area contributed by atoms with Gasteiger partial charge in [-0.15, -0.1) is 0 Å². The van der Waals surface area contributed by atoms with Crippen LogP contribution < -0.4 is 0 Å². The highest BCUT2D eigenvalue weighted by atomic mass is 35.5. The molecule has 0 bridgehead atoms. The second-order valence-corrected chi connectivity index (χ2v) is 2.97. The fourth-order valence-electron chi connectivity index (χ4n) is 0.850. The molecule has 76 valence electrons. The number of Topliss-reactive ketones (excluding diaryl/α,β-unsaturated/α-hetero) is 1. The average Bonchev–Trinajstić information content (AvgIpc) is 2.02. The Bertz CT molecular complexity index is 375. The number of aromatic nitrogens is 1. The van der Waals surface area contributed by atoms with Gasteiger partial charge in [-0.25, -0.2) is 4.98 Å². The lowest BCUT2D eigenvalue weighted by Crippen LogP contribution is -2.08. The summed E-state index contributed by atoms with van der Waals surface area (Å²) in [6.45, 7) is 1.13. The van der Waals surface area contributed by atoms with E-state index >= 15 is 0 Å². The molecule has 0 saturated heterocycles. The zero-order valence-electron chi connectivity index (χ0n) is 7.02. The van der Waals surface area contributed by atoms with Gasteiger partial charge < -0.3 is 0 Å². The van der Waals surface area contributed by atoms with Crippen LogP contribution in [0.5, 0.6) is 0 Å². The lowest BCUT2D eigenvalue weighted by atomic mass is 10.1. The van der Waals surface area contributed by atoms with Crippen molar-refractivity contribution in [2.24, 2.45) is 0 Å². The van der Waals surface area contributed by atoms with Crippen molar-refractivity contribution in [2.45, 2.75) is 13.1 Å². The van der Waals surface area contributed by atoms with Gasteiger partial charge in [0.1, 0.15) is 5.15 Å². The molecule has 0 saturated carbocycles. The molecule has 1 rings (SSSR count). The maximum absolute atomic E-state index is 12.2. The van der Waals surface area contributed by atoms with Crippen LogP contribution in [0.2, 0.25) is 5.15 Å². The van der Waals surface area contributed by atoms with Crippen LogP contribution in [0.25, 0.3) is 0 Å². The normalized spacial score (nSPS) is 11.5. The van der Waals surface area contributed by atoms with Gasteiger partial charge >= 0.3 is 6.18 Å². The molecular weight excluding hydrogens is 219 g/mol. The number of ketones is 1. The summed E-state index contributed by atoms with van der Waals surface area (Å²) >= 11 is 5.44. The molecule has 2 nitrogen and oxygen atoms in total. The SMILES string of the molecule is CC(=O)c1cc(C(F)(F)F)cnc1Cl. The quantitative estimate of drug-likeness (QED) is 0.541. The predicted octanol–water partition coefficient (Wildman–Crippen LogP) is 2.96. The van der Waals surface area contributed by atoms with Gasteiger partial charge in [0.05, 0.1) is 11.1 Å². The minimum Gasteiger partial charge on any atom is -0.294 e. The van der Waals surface area contributed by atoms with Crippen molar-refractivity contribution >= 4 is 17.4 Å². The first-order valence-electron chi connectivity index (χ1n) is 3.56. The van der Waals surface area contributed by atoms with Gasteiger partial charge in [0, 0.05) is 6.20 Å². The molecule has 0 aliphatic rings. The van der Waals surface area contributed by atoms with Crippen molar-refractivity contribution in [1.82, 2.24) is 4.98 Å². The number of hydrogen-bond donors (Lipinski definition) is 0. The number of alkyl halides is 3. The van der Waals surface area contributed by atoms with Gasteiger partial charge in [0.2, 0.25) is 0 Å². The summed E-state index contributed by atoms with van der Waals surface area (Å²) in [7, 11) is 0. The third-order valence-electron chi connectivity index (χ3n) is 1.55. The Morgan fingerprint density at radius 3 is 2.50 bits per heavy atom. The summed E-state index contributed by atoms with van der Waals surface area (Å²) in [5.74, 6) is -0.548. The van der Waals surface area contributed by atoms with Crippen molar-refractivity contribution in [2.75, 3.05) is 0 Å². The topological polar surface area (TPSA) is 30.0 Å². The van der Waals surface area contributed by atoms with E-state index in [-0.39, 0.29) is 10.7 Å². The molecule has 6 heteroatoms. The number of rotatable bonds is 1. The number of pyridine rings is 1. The molecule has 0 unspecified atom stereocenters. The largest absolute Gasteiger partial charge is 0.417 e. The van der Waals surface area contributed by atoms with Crippen LogP contribution in [0.15, 0.2) is 12.3 Å². The highest BCUT2D eigenvalue weighted by molar-refractivity contribution is 6.32. The molecule has 1 aromatic heterocycles. The Morgan fingerprint density at radius 2 is 2.07 bits per heavy atom. The Balaban J connectivity index is 3.27. The van der Waals surface area contributed by atoms with Crippen LogP contribution in [-0.4, -0.2) is 10.8 Å². The van der Waals surface area contributed by atoms with Crippen LogP contribution in [-0.2, 0) is 6.18 Å². The Labute approximate surface area is 82.7 Å². The van der Waals surface area contributed by atoms with E-state index in [2.05, 4.69) is 4.98 Å². The zero-order chi connectivity index (χ0) is 10.9. The highest BCUT2D eigenvalue weighted by Crippen LogP contribution is 2.30. The smallest absolute Gasteiger partial charge is 0.294 e. The summed E-state index contributed by atoms with van der Waals surface area (Å²) in [5, 5.41) is -0.217. The predicted molar refractivity (Wildman–Crippen MR) is 44.3 cm³/mol. The number of halogens is 4. The van der Waals surface area contributed by atoms with E-state index in [1.165, 1.54) is 0 Å². The Hall–Kier alpha value is -1.10. The van der Waals surface area contributed by atoms with Gasteiger partial charge in [-0.05, 0) is 13.0 Å². The highest BCUT2D eigenvalue weighted by Gasteiger charge is 2.31. The fraction of sp³-hybridized carbons (Fsp3) is 0.250. The molecule has 0 aliphatic carbocycles. The molecule has 0 spiro atoms. The van der Waals surface area contributed by atoms with Crippen LogP contribution in [0.4, 0.5) is 13.2 Å². The first-order chi connectivity index (χ1) is 6.32. The third-order valence-corrected chi connectivity index (χ3v) is 1.85. The van der Waals surface area contributed by atoms with Crippen molar-refractivity contribution in [3.8, 4) is 0 Å². The second-order valence-electron chi connectivity index (χ2n) is 2.62. The summed E-state index contributed by atoms with van der Waals surface area (Å²) < 4.78 is 36.5. The molecule has 0 amide bonds. The van der Waals surface area contributed by atoms with Crippen LogP contribution in [0.1, 0.15) is 22.8 Å². The van der Waals surface area contributed by atoms with Crippen molar-refractivity contribution < 1.29 is 18.0 Å². The van der Waals surface area contributed by atoms with Gasteiger partial charge in [-0.1, -0.05) is 11.6 Å². The first kappa shape index (κ1) is 11.0. The van der Waals surface area contributed by atoms with Crippen LogP contribution >= 0.6 is 11.6 Å². The van der Waals surface area contributed by atoms with Crippen molar-refractivity contribution in [1.29, 1.82) is 0 Å². The standard InChI is InChI=1S/C8H5ClF3NO/c1-4(14)6-2-5(8(10,11)12)3-13-7(6)9/h2-3H,1H3. The number of carbonyl (C=O) groups excluding carboxylic acids is 1. The Kier molecular flexibility index (Phi) is 2.80. The molecule has 0 fully saturated rings.